The highest BCUT2D eigenvalue weighted by atomic mass is 35.5. The van der Waals surface area contributed by atoms with Crippen LogP contribution in [0.1, 0.15) is 26.3 Å². The Morgan fingerprint density at radius 2 is 2.14 bits per heavy atom. The van der Waals surface area contributed by atoms with Crippen molar-refractivity contribution in [2.75, 3.05) is 10.8 Å². The molecular weight excluding hydrogens is 288 g/mol. The van der Waals surface area contributed by atoms with Gasteiger partial charge in [-0.05, 0) is 23.1 Å². The van der Waals surface area contributed by atoms with Crippen molar-refractivity contribution in [2.24, 2.45) is 0 Å². The van der Waals surface area contributed by atoms with Crippen LogP contribution < -0.4 is 4.90 Å². The maximum absolute atomic E-state index is 12.1. The van der Waals surface area contributed by atoms with E-state index in [9.17, 15) is 4.79 Å². The van der Waals surface area contributed by atoms with E-state index in [1.807, 2.05) is 18.3 Å². The molecule has 21 heavy (non-hydrogen) atoms. The number of nitrogens with zero attached hydrogens (tertiary/aromatic N) is 4. The van der Waals surface area contributed by atoms with Gasteiger partial charge in [-0.2, -0.15) is 5.10 Å². The predicted molar refractivity (Wildman–Crippen MR) is 83.4 cm³/mol. The third-order valence-electron chi connectivity index (χ3n) is 3.16. The standard InChI is InChI=1S/C15H19ClN4O/c1-15(2,3)12-7-13(10-17-9-12)20(14(21)8-16)11-19-6-4-5-18-19/h4-7,9-10H,8,11H2,1-3H3. The minimum Gasteiger partial charge on any atom is -0.290 e. The fourth-order valence-corrected chi connectivity index (χ4v) is 2.04. The molecule has 0 atom stereocenters. The van der Waals surface area contributed by atoms with E-state index >= 15 is 0 Å². The molecule has 0 unspecified atom stereocenters. The van der Waals surface area contributed by atoms with Crippen LogP contribution in [0.4, 0.5) is 5.69 Å². The molecule has 0 N–H and O–H groups in total. The van der Waals surface area contributed by atoms with Crippen molar-refractivity contribution >= 4 is 23.2 Å². The van der Waals surface area contributed by atoms with E-state index in [4.69, 9.17) is 11.6 Å². The Kier molecular flexibility index (Phi) is 4.63. The van der Waals surface area contributed by atoms with Crippen LogP contribution in [-0.2, 0) is 16.9 Å². The highest BCUT2D eigenvalue weighted by Gasteiger charge is 2.19. The van der Waals surface area contributed by atoms with Crippen molar-refractivity contribution in [3.8, 4) is 0 Å². The van der Waals surface area contributed by atoms with E-state index in [2.05, 4.69) is 30.9 Å². The van der Waals surface area contributed by atoms with Crippen LogP contribution in [0.3, 0.4) is 0 Å². The molecule has 0 radical (unpaired) electrons. The zero-order valence-electron chi connectivity index (χ0n) is 12.5. The molecular formula is C15H19ClN4O. The first-order chi connectivity index (χ1) is 9.91. The maximum atomic E-state index is 12.1. The molecule has 0 spiro atoms. The lowest BCUT2D eigenvalue weighted by atomic mass is 9.88. The van der Waals surface area contributed by atoms with E-state index in [1.54, 1.807) is 28.2 Å². The minimum atomic E-state index is -0.181. The molecule has 0 aliphatic carbocycles. The third-order valence-corrected chi connectivity index (χ3v) is 3.39. The van der Waals surface area contributed by atoms with E-state index in [1.165, 1.54) is 0 Å². The van der Waals surface area contributed by atoms with Crippen LogP contribution in [0, 0.1) is 0 Å². The molecule has 0 saturated heterocycles. The number of carbonyl (C=O) groups is 1. The highest BCUT2D eigenvalue weighted by molar-refractivity contribution is 6.29. The topological polar surface area (TPSA) is 51.0 Å². The summed E-state index contributed by atoms with van der Waals surface area (Å²) in [5, 5.41) is 4.13. The molecule has 112 valence electrons. The van der Waals surface area contributed by atoms with Crippen LogP contribution in [0.5, 0.6) is 0 Å². The molecule has 0 aliphatic heterocycles. The summed E-state index contributed by atoms with van der Waals surface area (Å²) < 4.78 is 1.67. The van der Waals surface area contributed by atoms with E-state index < -0.39 is 0 Å². The number of amides is 1. The number of hydrogen-bond acceptors (Lipinski definition) is 3. The first-order valence-electron chi connectivity index (χ1n) is 6.71. The molecule has 0 aliphatic rings. The molecule has 2 aromatic rings. The van der Waals surface area contributed by atoms with Gasteiger partial charge in [0.25, 0.3) is 0 Å². The summed E-state index contributed by atoms with van der Waals surface area (Å²) >= 11 is 5.73. The zero-order chi connectivity index (χ0) is 15.5. The summed E-state index contributed by atoms with van der Waals surface area (Å²) in [7, 11) is 0. The van der Waals surface area contributed by atoms with Gasteiger partial charge in [-0.3, -0.25) is 19.4 Å². The van der Waals surface area contributed by atoms with Crippen LogP contribution in [-0.4, -0.2) is 26.6 Å². The largest absolute Gasteiger partial charge is 0.290 e. The molecule has 0 aromatic carbocycles. The second kappa shape index (κ2) is 6.26. The average Bonchev–Trinajstić information content (AvgIpc) is 2.96. The Hall–Kier alpha value is -1.88. The van der Waals surface area contributed by atoms with Crippen molar-refractivity contribution in [3.63, 3.8) is 0 Å². The molecule has 6 heteroatoms. The molecule has 0 bridgehead atoms. The zero-order valence-corrected chi connectivity index (χ0v) is 13.2. The van der Waals surface area contributed by atoms with Crippen LogP contribution in [0.15, 0.2) is 36.9 Å². The van der Waals surface area contributed by atoms with Gasteiger partial charge in [0.1, 0.15) is 12.5 Å². The fourth-order valence-electron chi connectivity index (χ4n) is 1.89. The van der Waals surface area contributed by atoms with Crippen molar-refractivity contribution in [1.29, 1.82) is 0 Å². The van der Waals surface area contributed by atoms with Crippen LogP contribution in [0.25, 0.3) is 0 Å². The number of alkyl halides is 1. The highest BCUT2D eigenvalue weighted by Crippen LogP contribution is 2.25. The quantitative estimate of drug-likeness (QED) is 0.816. The average molecular weight is 307 g/mol. The van der Waals surface area contributed by atoms with E-state index in [0.29, 0.717) is 6.67 Å². The lowest BCUT2D eigenvalue weighted by molar-refractivity contribution is -0.116. The first-order valence-corrected chi connectivity index (χ1v) is 7.24. The first kappa shape index (κ1) is 15.5. The van der Waals surface area contributed by atoms with Gasteiger partial charge in [0.05, 0.1) is 11.9 Å². The van der Waals surface area contributed by atoms with Crippen molar-refractivity contribution in [1.82, 2.24) is 14.8 Å². The Bertz CT molecular complexity index is 604. The van der Waals surface area contributed by atoms with Gasteiger partial charge in [0.15, 0.2) is 0 Å². The number of carbonyl (C=O) groups excluding carboxylic acids is 1. The van der Waals surface area contributed by atoms with Crippen molar-refractivity contribution in [3.05, 3.63) is 42.5 Å². The maximum Gasteiger partial charge on any atom is 0.243 e. The smallest absolute Gasteiger partial charge is 0.243 e. The molecule has 2 rings (SSSR count). The fraction of sp³-hybridized carbons (Fsp3) is 0.400. The van der Waals surface area contributed by atoms with Crippen molar-refractivity contribution < 1.29 is 4.79 Å². The van der Waals surface area contributed by atoms with Gasteiger partial charge in [-0.25, -0.2) is 0 Å². The Morgan fingerprint density at radius 1 is 1.38 bits per heavy atom. The summed E-state index contributed by atoms with van der Waals surface area (Å²) in [4.78, 5) is 18.0. The third kappa shape index (κ3) is 3.82. The SMILES string of the molecule is CC(C)(C)c1cncc(N(Cn2cccn2)C(=O)CCl)c1. The predicted octanol–water partition coefficient (Wildman–Crippen LogP) is 2.81. The van der Waals surface area contributed by atoms with Gasteiger partial charge in [-0.1, -0.05) is 20.8 Å². The summed E-state index contributed by atoms with van der Waals surface area (Å²) in [6.07, 6.45) is 6.96. The van der Waals surface area contributed by atoms with E-state index in [0.717, 1.165) is 11.3 Å². The summed E-state index contributed by atoms with van der Waals surface area (Å²) in [6.45, 7) is 6.63. The van der Waals surface area contributed by atoms with Crippen molar-refractivity contribution in [2.45, 2.75) is 32.9 Å². The summed E-state index contributed by atoms with van der Waals surface area (Å²) in [5.74, 6) is -0.263. The van der Waals surface area contributed by atoms with Gasteiger partial charge in [0.2, 0.25) is 5.91 Å². The molecule has 2 aromatic heterocycles. The number of aromatic nitrogens is 3. The number of halogens is 1. The molecule has 0 saturated carbocycles. The van der Waals surface area contributed by atoms with Gasteiger partial charge in [-0.15, -0.1) is 11.6 Å². The number of rotatable bonds is 4. The molecule has 5 nitrogen and oxygen atoms in total. The van der Waals surface area contributed by atoms with Crippen LogP contribution in [0.2, 0.25) is 0 Å². The molecule has 2 heterocycles. The Balaban J connectivity index is 2.35. The summed E-state index contributed by atoms with van der Waals surface area (Å²) in [6, 6.07) is 3.79. The Labute approximate surface area is 129 Å². The van der Waals surface area contributed by atoms with Gasteiger partial charge in [0, 0.05) is 18.6 Å². The summed E-state index contributed by atoms with van der Waals surface area (Å²) in [5.41, 5.74) is 1.75. The van der Waals surface area contributed by atoms with Gasteiger partial charge >= 0.3 is 0 Å². The van der Waals surface area contributed by atoms with Crippen LogP contribution >= 0.6 is 11.6 Å². The minimum absolute atomic E-state index is 0.0373. The van der Waals surface area contributed by atoms with E-state index in [-0.39, 0.29) is 17.2 Å². The number of anilines is 1. The second-order valence-corrected chi connectivity index (χ2v) is 6.09. The monoisotopic (exact) mass is 306 g/mol. The molecule has 0 fully saturated rings. The van der Waals surface area contributed by atoms with Gasteiger partial charge < -0.3 is 0 Å². The lowest BCUT2D eigenvalue weighted by Gasteiger charge is -2.24. The Morgan fingerprint density at radius 3 is 2.71 bits per heavy atom. The molecule has 1 amide bonds. The normalized spacial score (nSPS) is 11.4. The number of pyridine rings is 1. The second-order valence-electron chi connectivity index (χ2n) is 5.82. The lowest BCUT2D eigenvalue weighted by Crippen LogP contribution is -2.34. The number of hydrogen-bond donors (Lipinski definition) is 0.